The van der Waals surface area contributed by atoms with Crippen LogP contribution in [-0.4, -0.2) is 0 Å². The standard InChI is InChI=1S/C50H33NO/c1-2-11-34(12-3-1)35-21-27-40(28-22-35)51(41-29-23-37(24-30-41)43-18-10-14-36-13-4-5-15-42(36)43)47-19-8-6-16-44(47)38-25-31-45-39(33-38)26-32-49-50(45)46-17-7-9-20-48(46)52-49/h1-33H. The molecule has 0 fully saturated rings. The Hall–Kier alpha value is -6.90. The molecule has 0 unspecified atom stereocenters. The van der Waals surface area contributed by atoms with Gasteiger partial charge in [-0.3, -0.25) is 0 Å². The lowest BCUT2D eigenvalue weighted by molar-refractivity contribution is 0.669. The highest BCUT2D eigenvalue weighted by Gasteiger charge is 2.19. The van der Waals surface area contributed by atoms with Gasteiger partial charge < -0.3 is 9.32 Å². The molecule has 1 aromatic heterocycles. The lowest BCUT2D eigenvalue weighted by Gasteiger charge is -2.28. The first-order valence-electron chi connectivity index (χ1n) is 17.8. The van der Waals surface area contributed by atoms with Crippen LogP contribution in [0.2, 0.25) is 0 Å². The molecule has 0 saturated heterocycles. The molecule has 0 atom stereocenters. The monoisotopic (exact) mass is 663 g/mol. The highest BCUT2D eigenvalue weighted by Crippen LogP contribution is 2.43. The Morgan fingerprint density at radius 2 is 0.942 bits per heavy atom. The van der Waals surface area contributed by atoms with Gasteiger partial charge in [-0.1, -0.05) is 152 Å². The summed E-state index contributed by atoms with van der Waals surface area (Å²) < 4.78 is 6.21. The Morgan fingerprint density at radius 1 is 0.327 bits per heavy atom. The van der Waals surface area contributed by atoms with Crippen molar-refractivity contribution in [3.63, 3.8) is 0 Å². The van der Waals surface area contributed by atoms with Gasteiger partial charge in [0.05, 0.1) is 5.69 Å². The Bertz CT molecular complexity index is 2880. The van der Waals surface area contributed by atoms with E-state index in [1.165, 1.54) is 49.2 Å². The second-order valence-corrected chi connectivity index (χ2v) is 13.3. The van der Waals surface area contributed by atoms with Gasteiger partial charge in [0.2, 0.25) is 0 Å². The summed E-state index contributed by atoms with van der Waals surface area (Å²) in [5, 5.41) is 7.20. The van der Waals surface area contributed by atoms with Crippen molar-refractivity contribution in [2.45, 2.75) is 0 Å². The second-order valence-electron chi connectivity index (χ2n) is 13.3. The molecule has 0 saturated carbocycles. The van der Waals surface area contributed by atoms with Gasteiger partial charge in [-0.05, 0) is 97.9 Å². The smallest absolute Gasteiger partial charge is 0.136 e. The van der Waals surface area contributed by atoms with Crippen molar-refractivity contribution < 1.29 is 4.42 Å². The highest BCUT2D eigenvalue weighted by molar-refractivity contribution is 6.19. The summed E-state index contributed by atoms with van der Waals surface area (Å²) in [6.07, 6.45) is 0. The van der Waals surface area contributed by atoms with Crippen LogP contribution < -0.4 is 4.90 Å². The second kappa shape index (κ2) is 12.5. The molecule has 2 nitrogen and oxygen atoms in total. The molecule has 10 rings (SSSR count). The van der Waals surface area contributed by atoms with Gasteiger partial charge in [-0.25, -0.2) is 0 Å². The average molecular weight is 664 g/mol. The number of nitrogens with zero attached hydrogens (tertiary/aromatic N) is 1. The van der Waals surface area contributed by atoms with Crippen LogP contribution >= 0.6 is 0 Å². The zero-order valence-electron chi connectivity index (χ0n) is 28.4. The summed E-state index contributed by atoms with van der Waals surface area (Å²) in [5.41, 5.74) is 12.3. The van der Waals surface area contributed by atoms with E-state index in [0.29, 0.717) is 0 Å². The van der Waals surface area contributed by atoms with E-state index in [2.05, 4.69) is 193 Å². The lowest BCUT2D eigenvalue weighted by atomic mass is 9.96. The molecular weight excluding hydrogens is 631 g/mol. The number of benzene rings is 9. The van der Waals surface area contributed by atoms with Gasteiger partial charge in [0, 0.05) is 27.7 Å². The molecule has 0 N–H and O–H groups in total. The first-order valence-corrected chi connectivity index (χ1v) is 17.8. The van der Waals surface area contributed by atoms with Crippen molar-refractivity contribution >= 4 is 60.5 Å². The fourth-order valence-corrected chi connectivity index (χ4v) is 7.76. The minimum atomic E-state index is 0.916. The summed E-state index contributed by atoms with van der Waals surface area (Å²) >= 11 is 0. The van der Waals surface area contributed by atoms with Crippen LogP contribution in [0.15, 0.2) is 205 Å². The number of fused-ring (bicyclic) bond motifs is 6. The Morgan fingerprint density at radius 3 is 1.77 bits per heavy atom. The van der Waals surface area contributed by atoms with Crippen LogP contribution in [0.5, 0.6) is 0 Å². The third kappa shape index (κ3) is 5.12. The third-order valence-electron chi connectivity index (χ3n) is 10.3. The summed E-state index contributed by atoms with van der Waals surface area (Å²) in [4.78, 5) is 2.38. The minimum absolute atomic E-state index is 0.916. The normalized spacial score (nSPS) is 11.5. The first kappa shape index (κ1) is 30.0. The Balaban J connectivity index is 1.11. The maximum Gasteiger partial charge on any atom is 0.136 e. The van der Waals surface area contributed by atoms with Crippen LogP contribution in [0.1, 0.15) is 0 Å². The number of para-hydroxylation sites is 2. The predicted octanol–water partition coefficient (Wildman–Crippen LogP) is 14.4. The highest BCUT2D eigenvalue weighted by atomic mass is 16.3. The molecule has 1 heterocycles. The predicted molar refractivity (Wildman–Crippen MR) is 220 cm³/mol. The molecule has 2 heteroatoms. The maximum atomic E-state index is 6.21. The van der Waals surface area contributed by atoms with Crippen molar-refractivity contribution in [1.82, 2.24) is 0 Å². The molecule has 0 aliphatic heterocycles. The molecule has 10 aromatic rings. The number of hydrogen-bond donors (Lipinski definition) is 0. The molecule has 0 spiro atoms. The first-order chi connectivity index (χ1) is 25.8. The van der Waals surface area contributed by atoms with Gasteiger partial charge in [-0.2, -0.15) is 0 Å². The van der Waals surface area contributed by atoms with E-state index in [9.17, 15) is 0 Å². The zero-order valence-corrected chi connectivity index (χ0v) is 28.4. The summed E-state index contributed by atoms with van der Waals surface area (Å²) in [7, 11) is 0. The quantitative estimate of drug-likeness (QED) is 0.176. The van der Waals surface area contributed by atoms with E-state index in [-0.39, 0.29) is 0 Å². The molecule has 0 aliphatic rings. The molecule has 0 bridgehead atoms. The number of anilines is 3. The summed E-state index contributed by atoms with van der Waals surface area (Å²) in [6.45, 7) is 0. The van der Waals surface area contributed by atoms with Crippen molar-refractivity contribution in [3.05, 3.63) is 200 Å². The van der Waals surface area contributed by atoms with Gasteiger partial charge >= 0.3 is 0 Å². The molecule has 244 valence electrons. The fourth-order valence-electron chi connectivity index (χ4n) is 7.76. The van der Waals surface area contributed by atoms with Crippen LogP contribution in [0.4, 0.5) is 17.1 Å². The topological polar surface area (TPSA) is 16.4 Å². The van der Waals surface area contributed by atoms with E-state index >= 15 is 0 Å². The van der Waals surface area contributed by atoms with E-state index < -0.39 is 0 Å². The fraction of sp³-hybridized carbons (Fsp3) is 0. The van der Waals surface area contributed by atoms with Gasteiger partial charge in [0.25, 0.3) is 0 Å². The Kier molecular flexibility index (Phi) is 7.18. The largest absolute Gasteiger partial charge is 0.456 e. The summed E-state index contributed by atoms with van der Waals surface area (Å²) in [6, 6.07) is 71.8. The van der Waals surface area contributed by atoms with Crippen LogP contribution in [0.25, 0.3) is 76.9 Å². The number of hydrogen-bond acceptors (Lipinski definition) is 2. The number of furan rings is 1. The molecule has 9 aromatic carbocycles. The third-order valence-corrected chi connectivity index (χ3v) is 10.3. The molecule has 0 radical (unpaired) electrons. The molecule has 0 amide bonds. The van der Waals surface area contributed by atoms with Crippen molar-refractivity contribution in [2.24, 2.45) is 0 Å². The van der Waals surface area contributed by atoms with Crippen molar-refractivity contribution in [1.29, 1.82) is 0 Å². The van der Waals surface area contributed by atoms with Crippen LogP contribution in [0.3, 0.4) is 0 Å². The number of rotatable bonds is 6. The van der Waals surface area contributed by atoms with Crippen LogP contribution in [-0.2, 0) is 0 Å². The van der Waals surface area contributed by atoms with Crippen LogP contribution in [0, 0.1) is 0 Å². The van der Waals surface area contributed by atoms with Gasteiger partial charge in [0.1, 0.15) is 11.2 Å². The van der Waals surface area contributed by atoms with Crippen molar-refractivity contribution in [3.8, 4) is 33.4 Å². The molecular formula is C50H33NO. The van der Waals surface area contributed by atoms with Crippen molar-refractivity contribution in [2.75, 3.05) is 4.90 Å². The van der Waals surface area contributed by atoms with E-state index in [0.717, 1.165) is 44.7 Å². The minimum Gasteiger partial charge on any atom is -0.456 e. The van der Waals surface area contributed by atoms with Gasteiger partial charge in [-0.15, -0.1) is 0 Å². The van der Waals surface area contributed by atoms with E-state index in [1.54, 1.807) is 0 Å². The SMILES string of the molecule is c1ccc(-c2ccc(N(c3ccc(-c4cccc5ccccc45)cc3)c3ccccc3-c3ccc4c(ccc5oc6ccccc6c54)c3)cc2)cc1. The Labute approximate surface area is 302 Å². The molecule has 52 heavy (non-hydrogen) atoms. The van der Waals surface area contributed by atoms with Gasteiger partial charge in [0.15, 0.2) is 0 Å². The summed E-state index contributed by atoms with van der Waals surface area (Å²) in [5.74, 6) is 0. The lowest BCUT2D eigenvalue weighted by Crippen LogP contribution is -2.11. The van der Waals surface area contributed by atoms with E-state index in [1.807, 2.05) is 12.1 Å². The average Bonchev–Trinajstić information content (AvgIpc) is 3.61. The van der Waals surface area contributed by atoms with E-state index in [4.69, 9.17) is 4.42 Å². The maximum absolute atomic E-state index is 6.21. The zero-order chi connectivity index (χ0) is 34.4. The molecule has 0 aliphatic carbocycles.